The lowest BCUT2D eigenvalue weighted by atomic mass is 10.00. The fraction of sp³-hybridized carbons (Fsp3) is 0.400. The molecule has 10 heteroatoms. The number of hydrogen-bond acceptors (Lipinski definition) is 5. The zero-order valence-electron chi connectivity index (χ0n) is 15.9. The van der Waals surface area contributed by atoms with Crippen molar-refractivity contribution >= 4 is 56.6 Å². The number of piperidine rings is 1. The third-order valence-corrected chi connectivity index (χ3v) is 6.67. The summed E-state index contributed by atoms with van der Waals surface area (Å²) in [6.07, 6.45) is 1.00. The molecule has 1 fully saturated rings. The second kappa shape index (κ2) is 9.53. The van der Waals surface area contributed by atoms with Crippen LogP contribution in [0.2, 0.25) is 5.02 Å². The number of benzene rings is 1. The molecular formula is C20H20ClFN2O5S. The standard InChI is InChI=1S/C20H20ClFN2O5S/c21-17-11-5-1-2-7-15(11)30-18(17)20(29)24-8-4-3-6-13(24)19(28)23-12(9-16(26)27)14(25)10-22/h1-2,5,7,12-13H,3-4,6,8-10H2,(H,23,28)(H,26,27)/t12?,13-/m0/s1. The molecule has 30 heavy (non-hydrogen) atoms. The highest BCUT2D eigenvalue weighted by Crippen LogP contribution is 2.36. The first-order chi connectivity index (χ1) is 14.3. The number of ketones is 1. The van der Waals surface area contributed by atoms with E-state index in [9.17, 15) is 23.6 Å². The summed E-state index contributed by atoms with van der Waals surface area (Å²) in [5.74, 6) is -3.43. The number of amides is 2. The largest absolute Gasteiger partial charge is 0.481 e. The van der Waals surface area contributed by atoms with Crippen LogP contribution in [0.25, 0.3) is 10.1 Å². The molecule has 2 N–H and O–H groups in total. The van der Waals surface area contributed by atoms with Crippen LogP contribution in [0.15, 0.2) is 24.3 Å². The van der Waals surface area contributed by atoms with Crippen molar-refractivity contribution in [1.29, 1.82) is 0 Å². The molecule has 0 radical (unpaired) electrons. The quantitative estimate of drug-likeness (QED) is 0.669. The summed E-state index contributed by atoms with van der Waals surface area (Å²) in [6, 6.07) is 4.94. The number of carbonyl (C=O) groups is 4. The van der Waals surface area contributed by atoms with Crippen molar-refractivity contribution in [2.24, 2.45) is 0 Å². The Balaban J connectivity index is 1.83. The minimum absolute atomic E-state index is 0.319. The van der Waals surface area contributed by atoms with Gasteiger partial charge in [0.05, 0.1) is 11.4 Å². The van der Waals surface area contributed by atoms with Gasteiger partial charge in [0, 0.05) is 16.6 Å². The molecule has 0 bridgehead atoms. The zero-order chi connectivity index (χ0) is 21.8. The van der Waals surface area contributed by atoms with Crippen molar-refractivity contribution in [3.8, 4) is 0 Å². The smallest absolute Gasteiger partial charge is 0.305 e. The molecule has 1 aliphatic rings. The van der Waals surface area contributed by atoms with Gasteiger partial charge < -0.3 is 15.3 Å². The minimum atomic E-state index is -1.48. The van der Waals surface area contributed by atoms with Crippen molar-refractivity contribution < 1.29 is 28.7 Å². The summed E-state index contributed by atoms with van der Waals surface area (Å²) in [7, 11) is 0. The Morgan fingerprint density at radius 1 is 1.27 bits per heavy atom. The summed E-state index contributed by atoms with van der Waals surface area (Å²) < 4.78 is 13.6. The van der Waals surface area contributed by atoms with Crippen LogP contribution in [-0.2, 0) is 14.4 Å². The third-order valence-electron chi connectivity index (χ3n) is 5.01. The van der Waals surface area contributed by atoms with Crippen LogP contribution in [0, 0.1) is 0 Å². The predicted molar refractivity (Wildman–Crippen MR) is 111 cm³/mol. The summed E-state index contributed by atoms with van der Waals surface area (Å²) in [5, 5.41) is 12.3. The Bertz CT molecular complexity index is 995. The highest BCUT2D eigenvalue weighted by atomic mass is 35.5. The normalized spacial score (nSPS) is 17.5. The molecule has 1 saturated heterocycles. The Kier molecular flexibility index (Phi) is 7.04. The minimum Gasteiger partial charge on any atom is -0.481 e. The number of halogens is 2. The number of Topliss-reactive ketones (excluding diaryl/α,β-unsaturated/α-hetero) is 1. The Morgan fingerprint density at radius 2 is 2.00 bits per heavy atom. The first kappa shape index (κ1) is 22.2. The molecule has 1 aliphatic heterocycles. The van der Waals surface area contributed by atoms with Crippen molar-refractivity contribution in [3.63, 3.8) is 0 Å². The number of nitrogens with zero attached hydrogens (tertiary/aromatic N) is 1. The van der Waals surface area contributed by atoms with Gasteiger partial charge >= 0.3 is 5.97 Å². The number of alkyl halides is 1. The summed E-state index contributed by atoms with van der Waals surface area (Å²) >= 11 is 7.65. The lowest BCUT2D eigenvalue weighted by molar-refractivity contribution is -0.140. The van der Waals surface area contributed by atoms with E-state index >= 15 is 0 Å². The number of nitrogens with one attached hydrogen (secondary N) is 1. The average molecular weight is 455 g/mol. The highest BCUT2D eigenvalue weighted by Gasteiger charge is 2.36. The van der Waals surface area contributed by atoms with Gasteiger partial charge in [0.25, 0.3) is 5.91 Å². The van der Waals surface area contributed by atoms with E-state index in [1.54, 1.807) is 0 Å². The molecule has 2 amide bonds. The molecule has 0 spiro atoms. The van der Waals surface area contributed by atoms with Gasteiger partial charge in [-0.3, -0.25) is 19.2 Å². The maximum atomic E-state index is 13.2. The summed E-state index contributed by atoms with van der Waals surface area (Å²) in [6.45, 7) is -1.06. The lowest BCUT2D eigenvalue weighted by Crippen LogP contribution is -2.55. The monoisotopic (exact) mass is 454 g/mol. The highest BCUT2D eigenvalue weighted by molar-refractivity contribution is 7.21. The van der Waals surface area contributed by atoms with Gasteiger partial charge in [0.2, 0.25) is 5.91 Å². The molecule has 0 saturated carbocycles. The van der Waals surface area contributed by atoms with Crippen LogP contribution in [-0.4, -0.2) is 58.9 Å². The van der Waals surface area contributed by atoms with E-state index in [1.807, 2.05) is 24.3 Å². The van der Waals surface area contributed by atoms with Gasteiger partial charge in [-0.15, -0.1) is 11.3 Å². The molecule has 1 aromatic carbocycles. The number of carbonyl (C=O) groups excluding carboxylic acids is 3. The van der Waals surface area contributed by atoms with Gasteiger partial charge in [-0.05, 0) is 25.3 Å². The maximum Gasteiger partial charge on any atom is 0.305 e. The average Bonchev–Trinajstić information content (AvgIpc) is 3.08. The van der Waals surface area contributed by atoms with Crippen LogP contribution in [0.1, 0.15) is 35.4 Å². The third kappa shape index (κ3) is 4.62. The van der Waals surface area contributed by atoms with Crippen LogP contribution in [0.4, 0.5) is 4.39 Å². The molecule has 2 aromatic rings. The summed E-state index contributed by atoms with van der Waals surface area (Å²) in [4.78, 5) is 50.4. The van der Waals surface area contributed by atoms with E-state index in [0.717, 1.165) is 10.1 Å². The van der Waals surface area contributed by atoms with Gasteiger partial charge in [-0.1, -0.05) is 29.8 Å². The van der Waals surface area contributed by atoms with E-state index in [4.69, 9.17) is 16.7 Å². The van der Waals surface area contributed by atoms with Gasteiger partial charge in [0.1, 0.15) is 23.6 Å². The molecule has 0 aliphatic carbocycles. The van der Waals surface area contributed by atoms with Crippen LogP contribution in [0.3, 0.4) is 0 Å². The molecule has 1 aromatic heterocycles. The van der Waals surface area contributed by atoms with Crippen LogP contribution >= 0.6 is 22.9 Å². The van der Waals surface area contributed by atoms with E-state index in [0.29, 0.717) is 35.7 Å². The number of carboxylic acids is 1. The Hall–Kier alpha value is -2.52. The number of fused-ring (bicyclic) bond motifs is 1. The van der Waals surface area contributed by atoms with Crippen LogP contribution < -0.4 is 5.32 Å². The van der Waals surface area contributed by atoms with Gasteiger partial charge in [0.15, 0.2) is 5.78 Å². The number of rotatable bonds is 7. The first-order valence-corrected chi connectivity index (χ1v) is 10.6. The second-order valence-electron chi connectivity index (χ2n) is 7.01. The molecule has 7 nitrogen and oxygen atoms in total. The molecule has 2 heterocycles. The molecule has 1 unspecified atom stereocenters. The van der Waals surface area contributed by atoms with Gasteiger partial charge in [-0.2, -0.15) is 0 Å². The second-order valence-corrected chi connectivity index (χ2v) is 8.44. The van der Waals surface area contributed by atoms with Crippen LogP contribution in [0.5, 0.6) is 0 Å². The molecular weight excluding hydrogens is 435 g/mol. The molecule has 2 atom stereocenters. The topological polar surface area (TPSA) is 104 Å². The Morgan fingerprint density at radius 3 is 2.67 bits per heavy atom. The summed E-state index contributed by atoms with van der Waals surface area (Å²) in [5.41, 5.74) is 0. The number of aliphatic carboxylic acids is 1. The van der Waals surface area contributed by atoms with Crippen molar-refractivity contribution in [3.05, 3.63) is 34.2 Å². The van der Waals surface area contributed by atoms with Crippen molar-refractivity contribution in [2.45, 2.75) is 37.8 Å². The number of likely N-dealkylation sites (tertiary alicyclic amines) is 1. The number of carboxylic acid groups (broad SMARTS) is 1. The number of hydrogen-bond donors (Lipinski definition) is 2. The fourth-order valence-corrected chi connectivity index (χ4v) is 4.98. The van der Waals surface area contributed by atoms with E-state index < -0.39 is 48.7 Å². The zero-order valence-corrected chi connectivity index (χ0v) is 17.5. The molecule has 3 rings (SSSR count). The number of thiophene rings is 1. The van der Waals surface area contributed by atoms with Crippen molar-refractivity contribution in [2.75, 3.05) is 13.2 Å². The lowest BCUT2D eigenvalue weighted by Gasteiger charge is -2.35. The SMILES string of the molecule is O=C(O)CC(NC(=O)[C@@H]1CCCCN1C(=O)c1sc2ccccc2c1Cl)C(=O)CF. The fourth-order valence-electron chi connectivity index (χ4n) is 3.51. The van der Waals surface area contributed by atoms with E-state index in [1.165, 1.54) is 16.2 Å². The first-order valence-electron chi connectivity index (χ1n) is 9.42. The van der Waals surface area contributed by atoms with Crippen molar-refractivity contribution in [1.82, 2.24) is 10.2 Å². The Labute approximate surface area is 180 Å². The van der Waals surface area contributed by atoms with E-state index in [2.05, 4.69) is 5.32 Å². The van der Waals surface area contributed by atoms with Gasteiger partial charge in [-0.25, -0.2) is 4.39 Å². The maximum absolute atomic E-state index is 13.2. The molecule has 160 valence electrons. The predicted octanol–water partition coefficient (Wildman–Crippen LogP) is 3.05. The van der Waals surface area contributed by atoms with E-state index in [-0.39, 0.29) is 0 Å².